The van der Waals surface area contributed by atoms with Gasteiger partial charge in [0.25, 0.3) is 0 Å². The summed E-state index contributed by atoms with van der Waals surface area (Å²) in [7, 11) is 0. The van der Waals surface area contributed by atoms with E-state index in [2.05, 4.69) is 33.7 Å². The Balaban J connectivity index is 0.00000312. The number of aliphatic hydroxyl groups is 1. The minimum Gasteiger partial charge on any atom is -0.467 e. The van der Waals surface area contributed by atoms with Crippen molar-refractivity contribution in [1.29, 1.82) is 0 Å². The first-order valence-corrected chi connectivity index (χ1v) is 8.35. The Hall–Kier alpha value is -1.55. The average molecular weight is 461 g/mol. The lowest BCUT2D eigenvalue weighted by molar-refractivity contribution is 0.158. The van der Waals surface area contributed by atoms with E-state index in [0.29, 0.717) is 11.7 Å². The standard InChI is InChI=1S/C17H27N5O2.HI/c1-4-18-17(20-12-15(23)16-7-5-10-24-16)19-8-6-9-22-14(3)11-13(2)21-22;/h5,7,10-11,15,23H,4,6,8-9,12H2,1-3H3,(H2,18,19,20);1H. The van der Waals surface area contributed by atoms with Gasteiger partial charge in [-0.2, -0.15) is 5.10 Å². The van der Waals surface area contributed by atoms with Crippen LogP contribution in [0.1, 0.15) is 36.6 Å². The molecule has 0 saturated heterocycles. The van der Waals surface area contributed by atoms with Crippen molar-refractivity contribution < 1.29 is 9.52 Å². The number of aliphatic hydroxyl groups excluding tert-OH is 1. The lowest BCUT2D eigenvalue weighted by Gasteiger charge is -2.12. The third kappa shape index (κ3) is 7.07. The van der Waals surface area contributed by atoms with E-state index in [0.717, 1.165) is 31.7 Å². The van der Waals surface area contributed by atoms with Gasteiger partial charge < -0.3 is 20.2 Å². The molecule has 0 fully saturated rings. The summed E-state index contributed by atoms with van der Waals surface area (Å²) in [6, 6.07) is 5.58. The van der Waals surface area contributed by atoms with Crippen molar-refractivity contribution in [1.82, 2.24) is 20.4 Å². The van der Waals surface area contributed by atoms with Crippen LogP contribution in [0.2, 0.25) is 0 Å². The van der Waals surface area contributed by atoms with Crippen LogP contribution in [0.3, 0.4) is 0 Å². The number of hydrogen-bond acceptors (Lipinski definition) is 4. The predicted molar refractivity (Wildman–Crippen MR) is 109 cm³/mol. The number of nitrogens with zero attached hydrogens (tertiary/aromatic N) is 3. The molecule has 0 amide bonds. The summed E-state index contributed by atoms with van der Waals surface area (Å²) in [5.74, 6) is 1.22. The average Bonchev–Trinajstić information content (AvgIpc) is 3.18. The van der Waals surface area contributed by atoms with Gasteiger partial charge in [0.05, 0.1) is 18.5 Å². The molecule has 0 aliphatic heterocycles. The monoisotopic (exact) mass is 461 g/mol. The highest BCUT2D eigenvalue weighted by Gasteiger charge is 2.10. The maximum atomic E-state index is 10.0. The number of nitrogens with one attached hydrogen (secondary N) is 2. The van der Waals surface area contributed by atoms with Crippen LogP contribution in [-0.2, 0) is 6.54 Å². The van der Waals surface area contributed by atoms with Crippen LogP contribution in [0.25, 0.3) is 0 Å². The van der Waals surface area contributed by atoms with E-state index < -0.39 is 6.10 Å². The molecule has 2 aromatic heterocycles. The molecule has 2 rings (SSSR count). The minimum atomic E-state index is -0.731. The smallest absolute Gasteiger partial charge is 0.191 e. The highest BCUT2D eigenvalue weighted by Crippen LogP contribution is 2.12. The van der Waals surface area contributed by atoms with Gasteiger partial charge in [0.2, 0.25) is 0 Å². The molecule has 2 aromatic rings. The second kappa shape index (κ2) is 11.1. The molecule has 3 N–H and O–H groups in total. The van der Waals surface area contributed by atoms with E-state index in [-0.39, 0.29) is 30.5 Å². The van der Waals surface area contributed by atoms with Crippen LogP contribution < -0.4 is 10.6 Å². The van der Waals surface area contributed by atoms with Crippen LogP contribution in [0.5, 0.6) is 0 Å². The van der Waals surface area contributed by atoms with Crippen molar-refractivity contribution in [2.45, 2.75) is 39.8 Å². The number of aliphatic imine (C=N–C) groups is 1. The van der Waals surface area contributed by atoms with E-state index in [9.17, 15) is 5.11 Å². The molecule has 0 saturated carbocycles. The van der Waals surface area contributed by atoms with Crippen molar-refractivity contribution in [2.24, 2.45) is 4.99 Å². The summed E-state index contributed by atoms with van der Waals surface area (Å²) in [5.41, 5.74) is 2.22. The van der Waals surface area contributed by atoms with E-state index in [4.69, 9.17) is 4.42 Å². The summed E-state index contributed by atoms with van der Waals surface area (Å²) >= 11 is 0. The summed E-state index contributed by atoms with van der Waals surface area (Å²) in [6.45, 7) is 8.73. The number of furan rings is 1. The fourth-order valence-electron chi connectivity index (χ4n) is 2.43. The molecule has 2 heterocycles. The van der Waals surface area contributed by atoms with Crippen LogP contribution in [0, 0.1) is 13.8 Å². The Labute approximate surface area is 165 Å². The second-order valence-electron chi connectivity index (χ2n) is 5.68. The van der Waals surface area contributed by atoms with Crippen molar-refractivity contribution in [3.8, 4) is 0 Å². The summed E-state index contributed by atoms with van der Waals surface area (Å²) in [4.78, 5) is 4.40. The fourth-order valence-corrected chi connectivity index (χ4v) is 2.43. The Morgan fingerprint density at radius 1 is 1.40 bits per heavy atom. The van der Waals surface area contributed by atoms with Crippen LogP contribution in [0.4, 0.5) is 0 Å². The quantitative estimate of drug-likeness (QED) is 0.243. The van der Waals surface area contributed by atoms with Crippen molar-refractivity contribution in [3.05, 3.63) is 41.6 Å². The summed E-state index contributed by atoms with van der Waals surface area (Å²) < 4.78 is 7.19. The molecular weight excluding hydrogens is 433 g/mol. The van der Waals surface area contributed by atoms with Crippen LogP contribution >= 0.6 is 24.0 Å². The maximum Gasteiger partial charge on any atom is 0.191 e. The van der Waals surface area contributed by atoms with Gasteiger partial charge in [-0.05, 0) is 45.4 Å². The van der Waals surface area contributed by atoms with Gasteiger partial charge in [-0.25, -0.2) is 0 Å². The molecule has 0 spiro atoms. The van der Waals surface area contributed by atoms with Gasteiger partial charge in [-0.3, -0.25) is 9.67 Å². The third-order valence-corrected chi connectivity index (χ3v) is 3.58. The Morgan fingerprint density at radius 2 is 2.20 bits per heavy atom. The molecule has 7 nitrogen and oxygen atoms in total. The number of hydrogen-bond donors (Lipinski definition) is 3. The molecule has 0 radical (unpaired) electrons. The topological polar surface area (TPSA) is 87.6 Å². The lowest BCUT2D eigenvalue weighted by Crippen LogP contribution is -2.38. The molecule has 1 unspecified atom stereocenters. The zero-order chi connectivity index (χ0) is 17.4. The number of halogens is 1. The van der Waals surface area contributed by atoms with Crippen molar-refractivity contribution in [3.63, 3.8) is 0 Å². The van der Waals surface area contributed by atoms with E-state index in [1.165, 1.54) is 5.69 Å². The van der Waals surface area contributed by atoms with Crippen molar-refractivity contribution >= 4 is 29.9 Å². The van der Waals surface area contributed by atoms with Gasteiger partial charge in [0.15, 0.2) is 5.96 Å². The van der Waals surface area contributed by atoms with E-state index in [1.54, 1.807) is 18.4 Å². The first kappa shape index (κ1) is 21.5. The molecule has 140 valence electrons. The molecule has 1 atom stereocenters. The van der Waals surface area contributed by atoms with Gasteiger partial charge in [0, 0.05) is 25.3 Å². The second-order valence-corrected chi connectivity index (χ2v) is 5.68. The summed E-state index contributed by atoms with van der Waals surface area (Å²) in [6.07, 6.45) is 1.75. The predicted octanol–water partition coefficient (Wildman–Crippen LogP) is 2.39. The zero-order valence-corrected chi connectivity index (χ0v) is 17.4. The summed E-state index contributed by atoms with van der Waals surface area (Å²) in [5, 5.41) is 20.9. The Morgan fingerprint density at radius 3 is 2.80 bits per heavy atom. The maximum absolute atomic E-state index is 10.0. The minimum absolute atomic E-state index is 0. The first-order valence-electron chi connectivity index (χ1n) is 8.35. The molecular formula is C17H28IN5O2. The van der Waals surface area contributed by atoms with Crippen LogP contribution in [-0.4, -0.2) is 40.5 Å². The Kier molecular flexibility index (Phi) is 9.58. The number of rotatable bonds is 8. The van der Waals surface area contributed by atoms with Gasteiger partial charge in [-0.15, -0.1) is 24.0 Å². The zero-order valence-electron chi connectivity index (χ0n) is 15.0. The van der Waals surface area contributed by atoms with Crippen molar-refractivity contribution in [2.75, 3.05) is 19.6 Å². The SMILES string of the molecule is CCNC(=NCC(O)c1ccco1)NCCCn1nc(C)cc1C.I. The molecule has 8 heteroatoms. The normalized spacial score (nSPS) is 12.6. The largest absolute Gasteiger partial charge is 0.467 e. The van der Waals surface area contributed by atoms with E-state index in [1.807, 2.05) is 18.5 Å². The van der Waals surface area contributed by atoms with Gasteiger partial charge in [0.1, 0.15) is 11.9 Å². The molecule has 0 bridgehead atoms. The highest BCUT2D eigenvalue weighted by atomic mass is 127. The molecule has 25 heavy (non-hydrogen) atoms. The van der Waals surface area contributed by atoms with Crippen LogP contribution in [0.15, 0.2) is 33.9 Å². The van der Waals surface area contributed by atoms with Gasteiger partial charge >= 0.3 is 0 Å². The lowest BCUT2D eigenvalue weighted by atomic mass is 10.3. The first-order chi connectivity index (χ1) is 11.6. The Bertz CT molecular complexity index is 640. The number of aromatic nitrogens is 2. The van der Waals surface area contributed by atoms with Gasteiger partial charge in [-0.1, -0.05) is 0 Å². The molecule has 0 aliphatic carbocycles. The molecule has 0 aromatic carbocycles. The third-order valence-electron chi connectivity index (χ3n) is 3.58. The number of aryl methyl sites for hydroxylation is 3. The highest BCUT2D eigenvalue weighted by molar-refractivity contribution is 14.0. The fraction of sp³-hybridized carbons (Fsp3) is 0.529. The number of guanidine groups is 1. The molecule has 0 aliphatic rings. The van der Waals surface area contributed by atoms with E-state index >= 15 is 0 Å².